The number of hydrogen-bond donors (Lipinski definition) is 2. The lowest BCUT2D eigenvalue weighted by Crippen LogP contribution is -2.13. The molecule has 0 aliphatic heterocycles. The fourth-order valence-electron chi connectivity index (χ4n) is 2.09. The lowest BCUT2D eigenvalue weighted by Gasteiger charge is -2.08. The summed E-state index contributed by atoms with van der Waals surface area (Å²) < 4.78 is 6.45. The number of benzene rings is 1. The average Bonchev–Trinajstić information content (AvgIpc) is 2.99. The number of anilines is 1. The zero-order chi connectivity index (χ0) is 16.4. The second-order valence-electron chi connectivity index (χ2n) is 4.63. The quantitative estimate of drug-likeness (QED) is 0.759. The van der Waals surface area contributed by atoms with Crippen molar-refractivity contribution in [3.63, 3.8) is 0 Å². The Morgan fingerprint density at radius 2 is 2.13 bits per heavy atom. The molecule has 3 aromatic rings. The minimum atomic E-state index is -1.14. The van der Waals surface area contributed by atoms with Gasteiger partial charge in [-0.2, -0.15) is 5.10 Å². The maximum atomic E-state index is 12.2. The number of hydrogen-bond acceptors (Lipinski definition) is 5. The van der Waals surface area contributed by atoms with Gasteiger partial charge in [-0.15, -0.1) is 0 Å². The summed E-state index contributed by atoms with van der Waals surface area (Å²) in [5, 5.41) is 15.9. The Morgan fingerprint density at radius 1 is 1.30 bits per heavy atom. The molecule has 0 saturated carbocycles. The van der Waals surface area contributed by atoms with E-state index in [0.29, 0.717) is 11.3 Å². The van der Waals surface area contributed by atoms with Crippen molar-refractivity contribution in [3.05, 3.63) is 54.0 Å². The van der Waals surface area contributed by atoms with Gasteiger partial charge in [-0.3, -0.25) is 4.79 Å². The van der Waals surface area contributed by atoms with Crippen LogP contribution in [0.5, 0.6) is 5.75 Å². The summed E-state index contributed by atoms with van der Waals surface area (Å²) in [5.74, 6) is -1.39. The van der Waals surface area contributed by atoms with E-state index < -0.39 is 11.9 Å². The van der Waals surface area contributed by atoms with E-state index in [1.165, 1.54) is 29.8 Å². The summed E-state index contributed by atoms with van der Waals surface area (Å²) in [6.45, 7) is 0. The lowest BCUT2D eigenvalue weighted by atomic mass is 10.1. The highest BCUT2D eigenvalue weighted by atomic mass is 16.5. The monoisotopic (exact) mass is 312 g/mol. The van der Waals surface area contributed by atoms with Gasteiger partial charge in [-0.05, 0) is 24.3 Å². The van der Waals surface area contributed by atoms with Gasteiger partial charge < -0.3 is 15.2 Å². The minimum Gasteiger partial charge on any atom is -0.496 e. The molecule has 0 fully saturated rings. The SMILES string of the molecule is COc1ccc(NC(=O)c2cc3ncccn3n2)cc1C(=O)O. The Balaban J connectivity index is 1.87. The third kappa shape index (κ3) is 2.82. The molecule has 0 aliphatic rings. The minimum absolute atomic E-state index is 0.0398. The first-order valence-electron chi connectivity index (χ1n) is 6.61. The largest absolute Gasteiger partial charge is 0.496 e. The van der Waals surface area contributed by atoms with Gasteiger partial charge in [0.15, 0.2) is 11.3 Å². The van der Waals surface area contributed by atoms with Crippen LogP contribution in [0.25, 0.3) is 5.65 Å². The Bertz CT molecular complexity index is 870. The van der Waals surface area contributed by atoms with Gasteiger partial charge in [0.05, 0.1) is 7.11 Å². The van der Waals surface area contributed by atoms with E-state index in [2.05, 4.69) is 15.4 Å². The van der Waals surface area contributed by atoms with E-state index >= 15 is 0 Å². The van der Waals surface area contributed by atoms with Crippen LogP contribution >= 0.6 is 0 Å². The average molecular weight is 312 g/mol. The van der Waals surface area contributed by atoms with Crippen LogP contribution in [0.2, 0.25) is 0 Å². The third-order valence-corrected chi connectivity index (χ3v) is 3.16. The van der Waals surface area contributed by atoms with Crippen LogP contribution in [-0.4, -0.2) is 38.7 Å². The smallest absolute Gasteiger partial charge is 0.339 e. The Hall–Kier alpha value is -3.42. The number of nitrogens with one attached hydrogen (secondary N) is 1. The summed E-state index contributed by atoms with van der Waals surface area (Å²) in [7, 11) is 1.38. The molecule has 0 aliphatic carbocycles. The molecule has 0 bridgehead atoms. The van der Waals surface area contributed by atoms with E-state index in [4.69, 9.17) is 9.84 Å². The van der Waals surface area contributed by atoms with E-state index in [1.54, 1.807) is 24.5 Å². The van der Waals surface area contributed by atoms with Crippen molar-refractivity contribution in [1.29, 1.82) is 0 Å². The first-order chi connectivity index (χ1) is 11.1. The van der Waals surface area contributed by atoms with E-state index in [1.807, 2.05) is 0 Å². The number of methoxy groups -OCH3 is 1. The molecule has 1 aromatic carbocycles. The van der Waals surface area contributed by atoms with Crippen LogP contribution < -0.4 is 10.1 Å². The number of carbonyl (C=O) groups is 2. The van der Waals surface area contributed by atoms with Gasteiger partial charge in [-0.1, -0.05) is 0 Å². The number of nitrogens with zero attached hydrogens (tertiary/aromatic N) is 3. The predicted molar refractivity (Wildman–Crippen MR) is 80.9 cm³/mol. The second kappa shape index (κ2) is 5.76. The highest BCUT2D eigenvalue weighted by molar-refractivity contribution is 6.04. The molecular weight excluding hydrogens is 300 g/mol. The molecule has 116 valence electrons. The first-order valence-corrected chi connectivity index (χ1v) is 6.61. The van der Waals surface area contributed by atoms with Crippen LogP contribution in [0.4, 0.5) is 5.69 Å². The lowest BCUT2D eigenvalue weighted by molar-refractivity contribution is 0.0693. The van der Waals surface area contributed by atoms with Gasteiger partial charge in [-0.25, -0.2) is 14.3 Å². The molecule has 1 amide bonds. The number of carboxylic acids is 1. The summed E-state index contributed by atoms with van der Waals surface area (Å²) >= 11 is 0. The van der Waals surface area contributed by atoms with Crippen molar-refractivity contribution in [2.75, 3.05) is 12.4 Å². The molecule has 0 unspecified atom stereocenters. The molecule has 23 heavy (non-hydrogen) atoms. The topological polar surface area (TPSA) is 106 Å². The molecule has 0 saturated heterocycles. The zero-order valence-corrected chi connectivity index (χ0v) is 12.1. The van der Waals surface area contributed by atoms with Gasteiger partial charge in [0, 0.05) is 24.1 Å². The molecule has 8 nitrogen and oxygen atoms in total. The highest BCUT2D eigenvalue weighted by Crippen LogP contribution is 2.23. The molecule has 3 rings (SSSR count). The van der Waals surface area contributed by atoms with Crippen molar-refractivity contribution in [2.24, 2.45) is 0 Å². The molecule has 2 aromatic heterocycles. The maximum absolute atomic E-state index is 12.2. The number of carboxylic acid groups (broad SMARTS) is 1. The molecule has 0 atom stereocenters. The van der Waals surface area contributed by atoms with Crippen LogP contribution in [-0.2, 0) is 0 Å². The van der Waals surface area contributed by atoms with Crippen molar-refractivity contribution in [1.82, 2.24) is 14.6 Å². The van der Waals surface area contributed by atoms with E-state index in [9.17, 15) is 9.59 Å². The highest BCUT2D eigenvalue weighted by Gasteiger charge is 2.15. The number of carbonyl (C=O) groups excluding carboxylic acids is 1. The number of rotatable bonds is 4. The number of aromatic nitrogens is 3. The predicted octanol–water partition coefficient (Wildman–Crippen LogP) is 1.69. The van der Waals surface area contributed by atoms with Gasteiger partial charge >= 0.3 is 5.97 Å². The standard InChI is InChI=1S/C15H12N4O4/c1-23-12-4-3-9(7-10(12)15(21)22)17-14(20)11-8-13-16-5-2-6-19(13)18-11/h2-8H,1H3,(H,17,20)(H,21,22). The van der Waals surface area contributed by atoms with Gasteiger partial charge in [0.25, 0.3) is 5.91 Å². The summed E-state index contributed by atoms with van der Waals surface area (Å²) in [5.41, 5.74) is 1.01. The summed E-state index contributed by atoms with van der Waals surface area (Å²) in [4.78, 5) is 27.5. The number of ether oxygens (including phenoxy) is 1. The van der Waals surface area contributed by atoms with Gasteiger partial charge in [0.2, 0.25) is 0 Å². The van der Waals surface area contributed by atoms with E-state index in [-0.39, 0.29) is 17.0 Å². The molecule has 0 spiro atoms. The van der Waals surface area contributed by atoms with Crippen LogP contribution in [0.3, 0.4) is 0 Å². The molecule has 8 heteroatoms. The third-order valence-electron chi connectivity index (χ3n) is 3.16. The summed E-state index contributed by atoms with van der Waals surface area (Å²) in [6.07, 6.45) is 3.27. The van der Waals surface area contributed by atoms with Crippen LogP contribution in [0.1, 0.15) is 20.8 Å². The molecule has 0 radical (unpaired) electrons. The second-order valence-corrected chi connectivity index (χ2v) is 4.63. The normalized spacial score (nSPS) is 10.5. The number of aromatic carboxylic acids is 1. The molecular formula is C15H12N4O4. The Kier molecular flexibility index (Phi) is 3.63. The van der Waals surface area contributed by atoms with Crippen molar-refractivity contribution < 1.29 is 19.4 Å². The fourth-order valence-corrected chi connectivity index (χ4v) is 2.09. The fraction of sp³-hybridized carbons (Fsp3) is 0.0667. The molecule has 2 N–H and O–H groups in total. The maximum Gasteiger partial charge on any atom is 0.339 e. The Morgan fingerprint density at radius 3 is 2.83 bits per heavy atom. The Labute approximate surface area is 130 Å². The van der Waals surface area contributed by atoms with E-state index in [0.717, 1.165) is 0 Å². The van der Waals surface area contributed by atoms with Crippen molar-refractivity contribution in [3.8, 4) is 5.75 Å². The zero-order valence-electron chi connectivity index (χ0n) is 12.1. The van der Waals surface area contributed by atoms with Crippen molar-refractivity contribution in [2.45, 2.75) is 0 Å². The molecule has 2 heterocycles. The van der Waals surface area contributed by atoms with Gasteiger partial charge in [0.1, 0.15) is 11.3 Å². The number of fused-ring (bicyclic) bond motifs is 1. The van der Waals surface area contributed by atoms with Crippen molar-refractivity contribution >= 4 is 23.2 Å². The van der Waals surface area contributed by atoms with Crippen LogP contribution in [0.15, 0.2) is 42.7 Å². The number of amides is 1. The van der Waals surface area contributed by atoms with Crippen LogP contribution in [0, 0.1) is 0 Å². The first kappa shape index (κ1) is 14.5. The summed E-state index contributed by atoms with van der Waals surface area (Å²) in [6, 6.07) is 7.59.